The molecule has 138 valence electrons. The molecule has 0 aliphatic carbocycles. The molecule has 0 aromatic heterocycles. The van der Waals surface area contributed by atoms with E-state index in [2.05, 4.69) is 4.72 Å². The van der Waals surface area contributed by atoms with Gasteiger partial charge in [-0.1, -0.05) is 23.8 Å². The molecule has 1 amide bonds. The van der Waals surface area contributed by atoms with Crippen molar-refractivity contribution in [2.24, 2.45) is 0 Å². The van der Waals surface area contributed by atoms with Crippen LogP contribution in [0, 0.1) is 13.8 Å². The van der Waals surface area contributed by atoms with Gasteiger partial charge in [0.1, 0.15) is 0 Å². The van der Waals surface area contributed by atoms with E-state index in [0.29, 0.717) is 15.6 Å². The molecule has 0 bridgehead atoms. The highest BCUT2D eigenvalue weighted by molar-refractivity contribution is 7.94. The van der Waals surface area contributed by atoms with Gasteiger partial charge >= 0.3 is 0 Å². The van der Waals surface area contributed by atoms with Crippen LogP contribution in [0.5, 0.6) is 0 Å². The second-order valence-electron chi connectivity index (χ2n) is 6.15. The molecule has 9 heteroatoms. The van der Waals surface area contributed by atoms with Crippen LogP contribution >= 0.6 is 0 Å². The molecule has 1 heterocycles. The fraction of sp³-hybridized carbons (Fsp3) is 0.235. The number of aryl methyl sites for hydroxylation is 2. The quantitative estimate of drug-likeness (QED) is 0.856. The molecule has 1 aliphatic rings. The molecule has 0 unspecified atom stereocenters. The van der Waals surface area contributed by atoms with Gasteiger partial charge in [-0.25, -0.2) is 21.1 Å². The number of amides is 1. The zero-order valence-corrected chi connectivity index (χ0v) is 15.9. The van der Waals surface area contributed by atoms with Crippen molar-refractivity contribution in [3.63, 3.8) is 0 Å². The summed E-state index contributed by atoms with van der Waals surface area (Å²) in [4.78, 5) is 11.9. The number of carbonyl (C=O) groups is 1. The van der Waals surface area contributed by atoms with E-state index in [0.717, 1.165) is 5.56 Å². The number of nitrogens with one attached hydrogen (secondary N) is 1. The molecule has 0 radical (unpaired) electrons. The van der Waals surface area contributed by atoms with Crippen LogP contribution in [0.25, 0.3) is 0 Å². The summed E-state index contributed by atoms with van der Waals surface area (Å²) < 4.78 is 52.8. The smallest absolute Gasteiger partial charge is 0.262 e. The second kappa shape index (κ2) is 6.40. The van der Waals surface area contributed by atoms with Gasteiger partial charge in [0.05, 0.1) is 16.3 Å². The lowest BCUT2D eigenvalue weighted by molar-refractivity contribution is -0.116. The fourth-order valence-electron chi connectivity index (χ4n) is 2.71. The first-order chi connectivity index (χ1) is 12.1. The van der Waals surface area contributed by atoms with E-state index >= 15 is 0 Å². The van der Waals surface area contributed by atoms with Crippen LogP contribution in [-0.2, 0) is 24.8 Å². The minimum absolute atomic E-state index is 0.0300. The molecule has 1 fully saturated rings. The summed E-state index contributed by atoms with van der Waals surface area (Å²) in [7, 11) is -7.71. The summed E-state index contributed by atoms with van der Waals surface area (Å²) in [5.74, 6) is -0.840. The van der Waals surface area contributed by atoms with Crippen LogP contribution in [0.3, 0.4) is 0 Å². The van der Waals surface area contributed by atoms with Crippen LogP contribution < -0.4 is 9.03 Å². The van der Waals surface area contributed by atoms with Crippen molar-refractivity contribution >= 4 is 37.3 Å². The summed E-state index contributed by atoms with van der Waals surface area (Å²) in [6.45, 7) is 3.49. The van der Waals surface area contributed by atoms with Crippen molar-refractivity contribution in [1.29, 1.82) is 0 Å². The average molecular weight is 394 g/mol. The zero-order chi connectivity index (χ0) is 19.1. The Labute approximate surface area is 152 Å². The molecule has 7 nitrogen and oxygen atoms in total. The Morgan fingerprint density at radius 1 is 1.04 bits per heavy atom. The predicted octanol–water partition coefficient (Wildman–Crippen LogP) is 2.17. The lowest BCUT2D eigenvalue weighted by atomic mass is 10.2. The maximum atomic E-state index is 12.8. The molecule has 1 N–H and O–H groups in total. The lowest BCUT2D eigenvalue weighted by Gasteiger charge is -2.17. The second-order valence-corrected chi connectivity index (χ2v) is 9.73. The highest BCUT2D eigenvalue weighted by atomic mass is 32.2. The van der Waals surface area contributed by atoms with Gasteiger partial charge in [0.15, 0.2) is 0 Å². The van der Waals surface area contributed by atoms with Gasteiger partial charge in [-0.2, -0.15) is 0 Å². The molecule has 0 spiro atoms. The van der Waals surface area contributed by atoms with Crippen LogP contribution in [-0.4, -0.2) is 28.5 Å². The van der Waals surface area contributed by atoms with E-state index in [1.165, 1.54) is 18.2 Å². The van der Waals surface area contributed by atoms with E-state index in [4.69, 9.17) is 0 Å². The molecule has 26 heavy (non-hydrogen) atoms. The number of hydrogen-bond acceptors (Lipinski definition) is 5. The third-order valence-electron chi connectivity index (χ3n) is 4.08. The van der Waals surface area contributed by atoms with Crippen LogP contribution in [0.15, 0.2) is 47.4 Å². The number of sulfonamides is 2. The van der Waals surface area contributed by atoms with E-state index in [1.54, 1.807) is 31.2 Å². The Balaban J connectivity index is 2.02. The highest BCUT2D eigenvalue weighted by Crippen LogP contribution is 2.29. The van der Waals surface area contributed by atoms with Crippen molar-refractivity contribution < 1.29 is 21.6 Å². The largest absolute Gasteiger partial charge is 0.280 e. The molecule has 1 aliphatic heterocycles. The first kappa shape index (κ1) is 18.4. The topological polar surface area (TPSA) is 101 Å². The number of rotatable bonds is 4. The SMILES string of the molecule is Cc1ccc(NS(=O)(=O)c2cc(N3C(=O)CCS3(=O)=O)ccc2C)cc1. The van der Waals surface area contributed by atoms with Crippen LogP contribution in [0.4, 0.5) is 11.4 Å². The van der Waals surface area contributed by atoms with Gasteiger partial charge < -0.3 is 0 Å². The average Bonchev–Trinajstić information content (AvgIpc) is 2.83. The van der Waals surface area contributed by atoms with Gasteiger partial charge in [0.25, 0.3) is 10.0 Å². The van der Waals surface area contributed by atoms with Crippen molar-refractivity contribution in [3.05, 3.63) is 53.6 Å². The Bertz CT molecular complexity index is 1070. The molecular weight excluding hydrogens is 376 g/mol. The van der Waals surface area contributed by atoms with Crippen LogP contribution in [0.2, 0.25) is 0 Å². The summed E-state index contributed by atoms with van der Waals surface area (Å²) in [5.41, 5.74) is 1.86. The zero-order valence-electron chi connectivity index (χ0n) is 14.3. The first-order valence-electron chi connectivity index (χ1n) is 7.86. The fourth-order valence-corrected chi connectivity index (χ4v) is 5.48. The van der Waals surface area contributed by atoms with Gasteiger partial charge in [0.2, 0.25) is 15.9 Å². The van der Waals surface area contributed by atoms with E-state index in [1.807, 2.05) is 6.92 Å². The van der Waals surface area contributed by atoms with Crippen molar-refractivity contribution in [1.82, 2.24) is 0 Å². The summed E-state index contributed by atoms with van der Waals surface area (Å²) in [6.07, 6.45) is -0.111. The normalized spacial score (nSPS) is 16.7. The molecule has 0 saturated carbocycles. The Morgan fingerprint density at radius 2 is 1.69 bits per heavy atom. The monoisotopic (exact) mass is 394 g/mol. The summed E-state index contributed by atoms with van der Waals surface area (Å²) >= 11 is 0. The third-order valence-corrected chi connectivity index (χ3v) is 7.29. The highest BCUT2D eigenvalue weighted by Gasteiger charge is 2.37. The van der Waals surface area contributed by atoms with E-state index < -0.39 is 26.0 Å². The number of hydrogen-bond donors (Lipinski definition) is 1. The van der Waals surface area contributed by atoms with Crippen molar-refractivity contribution in [2.45, 2.75) is 25.2 Å². The van der Waals surface area contributed by atoms with Gasteiger partial charge in [-0.05, 0) is 43.7 Å². The number of benzene rings is 2. The minimum Gasteiger partial charge on any atom is -0.280 e. The standard InChI is InChI=1S/C17H18N2O5S2/c1-12-3-6-14(7-4-12)18-26(23,24)16-11-15(8-5-13(16)2)19-17(20)9-10-25(19,21)22/h3-8,11,18H,9-10H2,1-2H3. The molecule has 1 saturated heterocycles. The third kappa shape index (κ3) is 3.45. The Morgan fingerprint density at radius 3 is 2.27 bits per heavy atom. The Hall–Kier alpha value is -2.39. The maximum absolute atomic E-state index is 12.8. The van der Waals surface area contributed by atoms with Gasteiger partial charge in [-0.15, -0.1) is 0 Å². The summed E-state index contributed by atoms with van der Waals surface area (Å²) in [6, 6.07) is 11.0. The molecule has 2 aromatic rings. The number of anilines is 2. The lowest BCUT2D eigenvalue weighted by Crippen LogP contribution is -2.29. The summed E-state index contributed by atoms with van der Waals surface area (Å²) in [5, 5.41) is 0. The Kier molecular flexibility index (Phi) is 4.53. The maximum Gasteiger partial charge on any atom is 0.262 e. The minimum atomic E-state index is -3.95. The van der Waals surface area contributed by atoms with Gasteiger partial charge in [-0.3, -0.25) is 9.52 Å². The molecule has 3 rings (SSSR count). The predicted molar refractivity (Wildman–Crippen MR) is 99.1 cm³/mol. The van der Waals surface area contributed by atoms with E-state index in [9.17, 15) is 21.6 Å². The molecule has 2 aromatic carbocycles. The van der Waals surface area contributed by atoms with Crippen molar-refractivity contribution in [3.8, 4) is 0 Å². The number of carbonyl (C=O) groups excluding carboxylic acids is 1. The first-order valence-corrected chi connectivity index (χ1v) is 11.0. The van der Waals surface area contributed by atoms with Crippen molar-refractivity contribution in [2.75, 3.05) is 14.8 Å². The molecule has 0 atom stereocenters. The van der Waals surface area contributed by atoms with E-state index in [-0.39, 0.29) is 22.8 Å². The van der Waals surface area contributed by atoms with Gasteiger partial charge in [0, 0.05) is 12.1 Å². The number of nitrogens with zero attached hydrogens (tertiary/aromatic N) is 1. The van der Waals surface area contributed by atoms with Crippen LogP contribution in [0.1, 0.15) is 17.5 Å². The molecular formula is C17H18N2O5S2.